The summed E-state index contributed by atoms with van der Waals surface area (Å²) in [7, 11) is 0.734. The largest absolute Gasteiger partial charge is 0.497 e. The van der Waals surface area contributed by atoms with E-state index < -0.39 is 10.0 Å². The number of methoxy groups -OCH3 is 2. The van der Waals surface area contributed by atoms with Crippen LogP contribution >= 0.6 is 0 Å². The highest BCUT2D eigenvalue weighted by molar-refractivity contribution is 7.89. The van der Waals surface area contributed by atoms with Crippen LogP contribution in [-0.2, 0) is 23.1 Å². The minimum Gasteiger partial charge on any atom is -0.497 e. The van der Waals surface area contributed by atoms with Crippen LogP contribution in [0, 0.1) is 6.92 Å². The Kier molecular flexibility index (Phi) is 5.51. The summed E-state index contributed by atoms with van der Waals surface area (Å²) >= 11 is 0. The van der Waals surface area contributed by atoms with Crippen molar-refractivity contribution in [2.75, 3.05) is 21.3 Å². The fourth-order valence-electron chi connectivity index (χ4n) is 2.35. The molecule has 0 unspecified atom stereocenters. The van der Waals surface area contributed by atoms with Crippen LogP contribution in [0.25, 0.3) is 0 Å². The van der Waals surface area contributed by atoms with Crippen LogP contribution in [0.4, 0.5) is 0 Å². The number of aryl methyl sites for hydroxylation is 2. The van der Waals surface area contributed by atoms with Crippen LogP contribution < -0.4 is 9.47 Å². The average molecular weight is 353 g/mol. The van der Waals surface area contributed by atoms with Crippen LogP contribution in [0.3, 0.4) is 0 Å². The molecule has 0 aliphatic rings. The normalized spacial score (nSPS) is 11.8. The summed E-state index contributed by atoms with van der Waals surface area (Å²) in [5, 5.41) is 4.35. The van der Waals surface area contributed by atoms with E-state index in [0.29, 0.717) is 5.75 Å². The van der Waals surface area contributed by atoms with E-state index in [2.05, 4.69) is 5.10 Å². The molecule has 2 aromatic rings. The first-order valence-corrected chi connectivity index (χ1v) is 8.98. The minimum absolute atomic E-state index is 0.0763. The second kappa shape index (κ2) is 7.23. The van der Waals surface area contributed by atoms with E-state index in [4.69, 9.17) is 9.47 Å². The van der Waals surface area contributed by atoms with Gasteiger partial charge in [-0.05, 0) is 26.0 Å². The van der Waals surface area contributed by atoms with Gasteiger partial charge in [0.05, 0.1) is 19.9 Å². The summed E-state index contributed by atoms with van der Waals surface area (Å²) in [4.78, 5) is 0.0763. The van der Waals surface area contributed by atoms with Gasteiger partial charge in [-0.3, -0.25) is 4.68 Å². The Bertz CT molecular complexity index is 815. The molecule has 0 aliphatic heterocycles. The quantitative estimate of drug-likeness (QED) is 0.762. The van der Waals surface area contributed by atoms with Gasteiger partial charge in [0.15, 0.2) is 0 Å². The van der Waals surface area contributed by atoms with Gasteiger partial charge in [0.1, 0.15) is 16.4 Å². The zero-order chi connectivity index (χ0) is 17.9. The van der Waals surface area contributed by atoms with Gasteiger partial charge < -0.3 is 9.47 Å². The molecule has 0 aliphatic carbocycles. The Hall–Kier alpha value is -2.06. The average Bonchev–Trinajstić information content (AvgIpc) is 2.94. The zero-order valence-electron chi connectivity index (χ0n) is 14.6. The van der Waals surface area contributed by atoms with Crippen molar-refractivity contribution in [2.24, 2.45) is 0 Å². The van der Waals surface area contributed by atoms with Crippen molar-refractivity contribution in [1.82, 2.24) is 14.1 Å². The van der Waals surface area contributed by atoms with Crippen molar-refractivity contribution in [3.05, 3.63) is 35.7 Å². The lowest BCUT2D eigenvalue weighted by Crippen LogP contribution is -2.27. The number of ether oxygens (including phenoxy) is 2. The Morgan fingerprint density at radius 1 is 1.25 bits per heavy atom. The standard InChI is InChI=1S/C16H23N3O4S/c1-6-19-11-13(12(2)17-19)10-18(3)24(20,21)16-9-14(22-4)7-8-15(16)23-5/h7-9,11H,6,10H2,1-5H3. The SMILES string of the molecule is CCn1cc(CN(C)S(=O)(=O)c2cc(OC)ccc2OC)c(C)n1. The van der Waals surface area contributed by atoms with Gasteiger partial charge in [-0.25, -0.2) is 8.42 Å². The molecule has 8 heteroatoms. The minimum atomic E-state index is -3.74. The predicted molar refractivity (Wildman–Crippen MR) is 90.8 cm³/mol. The lowest BCUT2D eigenvalue weighted by molar-refractivity contribution is 0.388. The monoisotopic (exact) mass is 353 g/mol. The second-order valence-electron chi connectivity index (χ2n) is 5.37. The highest BCUT2D eigenvalue weighted by Gasteiger charge is 2.26. The first-order chi connectivity index (χ1) is 11.3. The van der Waals surface area contributed by atoms with Gasteiger partial charge in [0.2, 0.25) is 10.0 Å². The van der Waals surface area contributed by atoms with Crippen molar-refractivity contribution in [2.45, 2.75) is 31.8 Å². The van der Waals surface area contributed by atoms with Crippen LogP contribution in [0.2, 0.25) is 0 Å². The number of rotatable bonds is 7. The molecule has 1 aromatic heterocycles. The predicted octanol–water partition coefficient (Wildman–Crippen LogP) is 2.05. The van der Waals surface area contributed by atoms with E-state index in [0.717, 1.165) is 17.8 Å². The summed E-state index contributed by atoms with van der Waals surface area (Å²) in [5.41, 5.74) is 1.68. The fourth-order valence-corrected chi connectivity index (χ4v) is 3.67. The molecule has 2 rings (SSSR count). The van der Waals surface area contributed by atoms with E-state index in [9.17, 15) is 8.42 Å². The van der Waals surface area contributed by atoms with Gasteiger partial charge in [-0.1, -0.05) is 0 Å². The second-order valence-corrected chi connectivity index (χ2v) is 7.39. The summed E-state index contributed by atoms with van der Waals surface area (Å²) in [6.07, 6.45) is 1.87. The molecule has 0 N–H and O–H groups in total. The molecule has 0 radical (unpaired) electrons. The third-order valence-electron chi connectivity index (χ3n) is 3.82. The zero-order valence-corrected chi connectivity index (χ0v) is 15.4. The molecular weight excluding hydrogens is 330 g/mol. The maximum absolute atomic E-state index is 12.9. The molecule has 0 saturated heterocycles. The molecule has 1 heterocycles. The molecule has 0 amide bonds. The van der Waals surface area contributed by atoms with Crippen LogP contribution in [0.1, 0.15) is 18.2 Å². The summed E-state index contributed by atoms with van der Waals surface area (Å²) in [6, 6.07) is 4.71. The number of benzene rings is 1. The molecule has 0 atom stereocenters. The molecule has 0 spiro atoms. The molecular formula is C16H23N3O4S. The first-order valence-electron chi connectivity index (χ1n) is 7.54. The van der Waals surface area contributed by atoms with E-state index in [1.807, 2.05) is 20.0 Å². The molecule has 24 heavy (non-hydrogen) atoms. The van der Waals surface area contributed by atoms with Gasteiger partial charge in [0.25, 0.3) is 0 Å². The maximum Gasteiger partial charge on any atom is 0.246 e. The maximum atomic E-state index is 12.9. The summed E-state index contributed by atoms with van der Waals surface area (Å²) < 4.78 is 39.3. The highest BCUT2D eigenvalue weighted by Crippen LogP contribution is 2.30. The Morgan fingerprint density at radius 2 is 1.96 bits per heavy atom. The van der Waals surface area contributed by atoms with E-state index >= 15 is 0 Å². The van der Waals surface area contributed by atoms with Crippen LogP contribution in [0.5, 0.6) is 11.5 Å². The smallest absolute Gasteiger partial charge is 0.246 e. The van der Waals surface area contributed by atoms with E-state index in [-0.39, 0.29) is 17.2 Å². The van der Waals surface area contributed by atoms with Gasteiger partial charge in [0, 0.05) is 38.0 Å². The fraction of sp³-hybridized carbons (Fsp3) is 0.438. The molecule has 132 valence electrons. The van der Waals surface area contributed by atoms with E-state index in [1.54, 1.807) is 16.8 Å². The highest BCUT2D eigenvalue weighted by atomic mass is 32.2. The molecule has 0 fully saturated rings. The Labute approximate surface area is 142 Å². The number of hydrogen-bond donors (Lipinski definition) is 0. The van der Waals surface area contributed by atoms with Crippen molar-refractivity contribution in [1.29, 1.82) is 0 Å². The topological polar surface area (TPSA) is 73.7 Å². The molecule has 7 nitrogen and oxygen atoms in total. The number of aromatic nitrogens is 2. The number of sulfonamides is 1. The van der Waals surface area contributed by atoms with E-state index in [1.165, 1.54) is 31.6 Å². The van der Waals surface area contributed by atoms with Crippen molar-refractivity contribution in [3.8, 4) is 11.5 Å². The third-order valence-corrected chi connectivity index (χ3v) is 5.65. The first kappa shape index (κ1) is 18.3. The van der Waals surface area contributed by atoms with Gasteiger partial charge >= 0.3 is 0 Å². The molecule has 0 bridgehead atoms. The van der Waals surface area contributed by atoms with Gasteiger partial charge in [-0.15, -0.1) is 0 Å². The Morgan fingerprint density at radius 3 is 2.50 bits per heavy atom. The molecule has 1 aromatic carbocycles. The number of hydrogen-bond acceptors (Lipinski definition) is 5. The third kappa shape index (κ3) is 3.54. The van der Waals surface area contributed by atoms with Crippen molar-refractivity contribution < 1.29 is 17.9 Å². The lowest BCUT2D eigenvalue weighted by Gasteiger charge is -2.19. The van der Waals surface area contributed by atoms with Crippen LogP contribution in [-0.4, -0.2) is 43.8 Å². The number of nitrogens with zero attached hydrogens (tertiary/aromatic N) is 3. The summed E-state index contributed by atoms with van der Waals surface area (Å²) in [6.45, 7) is 4.82. The lowest BCUT2D eigenvalue weighted by atomic mass is 10.3. The van der Waals surface area contributed by atoms with Crippen molar-refractivity contribution in [3.63, 3.8) is 0 Å². The molecule has 0 saturated carbocycles. The Balaban J connectivity index is 2.37. The van der Waals surface area contributed by atoms with Crippen LogP contribution in [0.15, 0.2) is 29.3 Å². The van der Waals surface area contributed by atoms with Gasteiger partial charge in [-0.2, -0.15) is 9.40 Å². The summed E-state index contributed by atoms with van der Waals surface area (Å²) in [5.74, 6) is 0.737. The van der Waals surface area contributed by atoms with Crippen molar-refractivity contribution >= 4 is 10.0 Å².